The van der Waals surface area contributed by atoms with Crippen LogP contribution in [0.1, 0.15) is 28.3 Å². The summed E-state index contributed by atoms with van der Waals surface area (Å²) in [5.41, 5.74) is 4.14. The summed E-state index contributed by atoms with van der Waals surface area (Å²) in [6, 6.07) is 25.6. The van der Waals surface area contributed by atoms with E-state index in [1.807, 2.05) is 54.6 Å². The van der Waals surface area contributed by atoms with E-state index in [0.29, 0.717) is 0 Å². The van der Waals surface area contributed by atoms with Gasteiger partial charge in [-0.15, -0.1) is 0 Å². The van der Waals surface area contributed by atoms with Gasteiger partial charge in [-0.25, -0.2) is 0 Å². The predicted octanol–water partition coefficient (Wildman–Crippen LogP) is 4.92. The highest BCUT2D eigenvalue weighted by molar-refractivity contribution is 5.92. The number of aryl methyl sites for hydroxylation is 1. The number of amides is 1. The monoisotopic (exact) mass is 357 g/mol. The minimum atomic E-state index is -0.207. The van der Waals surface area contributed by atoms with Crippen molar-refractivity contribution in [1.29, 1.82) is 0 Å². The third-order valence-corrected chi connectivity index (χ3v) is 4.38. The van der Waals surface area contributed by atoms with Crippen molar-refractivity contribution < 1.29 is 9.53 Å². The number of nitrogens with one attached hydrogen (secondary N) is 1. The van der Waals surface area contributed by atoms with Gasteiger partial charge in [-0.3, -0.25) is 4.79 Å². The zero-order chi connectivity index (χ0) is 19.1. The summed E-state index contributed by atoms with van der Waals surface area (Å²) in [6.45, 7) is 2.05. The molecule has 0 heterocycles. The van der Waals surface area contributed by atoms with Gasteiger partial charge in [-0.05, 0) is 30.2 Å². The molecule has 0 fully saturated rings. The minimum Gasteiger partial charge on any atom is -0.496 e. The van der Waals surface area contributed by atoms with Crippen molar-refractivity contribution in [2.24, 2.45) is 0 Å². The highest BCUT2D eigenvalue weighted by Gasteiger charge is 2.15. The average Bonchev–Trinajstić information content (AvgIpc) is 2.72. The highest BCUT2D eigenvalue weighted by atomic mass is 16.5. The Hall–Kier alpha value is -3.33. The van der Waals surface area contributed by atoms with Crippen molar-refractivity contribution in [3.05, 3.63) is 107 Å². The molecule has 3 rings (SSSR count). The van der Waals surface area contributed by atoms with Crippen LogP contribution in [-0.4, -0.2) is 13.0 Å². The Kier molecular flexibility index (Phi) is 6.06. The van der Waals surface area contributed by atoms with Crippen LogP contribution in [0.25, 0.3) is 6.08 Å². The van der Waals surface area contributed by atoms with Crippen LogP contribution in [0.15, 0.2) is 84.9 Å². The van der Waals surface area contributed by atoms with E-state index in [-0.39, 0.29) is 11.9 Å². The minimum absolute atomic E-state index is 0.157. The Labute approximate surface area is 160 Å². The summed E-state index contributed by atoms with van der Waals surface area (Å²) in [4.78, 5) is 12.6. The molecule has 0 aromatic heterocycles. The lowest BCUT2D eigenvalue weighted by Crippen LogP contribution is -2.27. The summed E-state index contributed by atoms with van der Waals surface area (Å²) in [5, 5.41) is 3.11. The SMILES string of the molecule is COc1ccccc1/C=C/C(=O)N[C@@H](c1ccccc1)c1ccc(C)cc1. The van der Waals surface area contributed by atoms with Crippen LogP contribution >= 0.6 is 0 Å². The molecule has 1 amide bonds. The van der Waals surface area contributed by atoms with E-state index in [1.165, 1.54) is 5.56 Å². The number of benzene rings is 3. The van der Waals surface area contributed by atoms with Gasteiger partial charge < -0.3 is 10.1 Å². The summed E-state index contributed by atoms with van der Waals surface area (Å²) in [7, 11) is 1.62. The topological polar surface area (TPSA) is 38.3 Å². The molecule has 0 bridgehead atoms. The van der Waals surface area contributed by atoms with Gasteiger partial charge >= 0.3 is 0 Å². The number of para-hydroxylation sites is 1. The van der Waals surface area contributed by atoms with Crippen molar-refractivity contribution in [2.45, 2.75) is 13.0 Å². The van der Waals surface area contributed by atoms with Crippen molar-refractivity contribution in [3.8, 4) is 5.75 Å². The molecule has 0 aliphatic carbocycles. The molecular formula is C24H23NO2. The Morgan fingerprint density at radius 1 is 0.889 bits per heavy atom. The maximum absolute atomic E-state index is 12.6. The normalized spacial score (nSPS) is 11.9. The molecule has 0 aliphatic heterocycles. The lowest BCUT2D eigenvalue weighted by molar-refractivity contribution is -0.116. The molecule has 136 valence electrons. The fraction of sp³-hybridized carbons (Fsp3) is 0.125. The molecule has 3 nitrogen and oxygen atoms in total. The van der Waals surface area contributed by atoms with E-state index in [9.17, 15) is 4.79 Å². The number of methoxy groups -OCH3 is 1. The molecular weight excluding hydrogens is 334 g/mol. The molecule has 1 atom stereocenters. The number of hydrogen-bond donors (Lipinski definition) is 1. The lowest BCUT2D eigenvalue weighted by Gasteiger charge is -2.19. The number of rotatable bonds is 6. The van der Waals surface area contributed by atoms with E-state index in [4.69, 9.17) is 4.74 Å². The number of hydrogen-bond acceptors (Lipinski definition) is 2. The van der Waals surface area contributed by atoms with Gasteiger partial charge in [0.05, 0.1) is 13.2 Å². The van der Waals surface area contributed by atoms with Gasteiger partial charge in [0.15, 0.2) is 0 Å². The Bertz CT molecular complexity index is 915. The fourth-order valence-corrected chi connectivity index (χ4v) is 2.92. The van der Waals surface area contributed by atoms with Gasteiger partial charge in [-0.1, -0.05) is 78.4 Å². The molecule has 1 N–H and O–H groups in total. The maximum atomic E-state index is 12.6. The molecule has 3 aromatic carbocycles. The summed E-state index contributed by atoms with van der Waals surface area (Å²) < 4.78 is 5.33. The van der Waals surface area contributed by atoms with Gasteiger partial charge in [0, 0.05) is 11.6 Å². The van der Waals surface area contributed by atoms with Crippen molar-refractivity contribution in [2.75, 3.05) is 7.11 Å². The molecule has 0 aliphatic rings. The first-order chi connectivity index (χ1) is 13.2. The van der Waals surface area contributed by atoms with Gasteiger partial charge in [0.1, 0.15) is 5.75 Å². The summed E-state index contributed by atoms with van der Waals surface area (Å²) in [6.07, 6.45) is 3.31. The van der Waals surface area contributed by atoms with E-state index in [0.717, 1.165) is 22.4 Å². The van der Waals surface area contributed by atoms with Crippen molar-refractivity contribution in [1.82, 2.24) is 5.32 Å². The molecule has 3 heteroatoms. The van der Waals surface area contributed by atoms with Crippen molar-refractivity contribution >= 4 is 12.0 Å². The van der Waals surface area contributed by atoms with Crippen LogP contribution in [0.3, 0.4) is 0 Å². The van der Waals surface area contributed by atoms with Gasteiger partial charge in [0.25, 0.3) is 0 Å². The predicted molar refractivity (Wildman–Crippen MR) is 110 cm³/mol. The Morgan fingerprint density at radius 2 is 1.52 bits per heavy atom. The summed E-state index contributed by atoms with van der Waals surface area (Å²) in [5.74, 6) is 0.579. The summed E-state index contributed by atoms with van der Waals surface area (Å²) >= 11 is 0. The number of carbonyl (C=O) groups is 1. The zero-order valence-corrected chi connectivity index (χ0v) is 15.6. The second-order valence-electron chi connectivity index (χ2n) is 6.34. The molecule has 0 saturated carbocycles. The highest BCUT2D eigenvalue weighted by Crippen LogP contribution is 2.23. The molecule has 0 spiro atoms. The van der Waals surface area contributed by atoms with Crippen LogP contribution in [0.2, 0.25) is 0 Å². The van der Waals surface area contributed by atoms with Crippen molar-refractivity contribution in [3.63, 3.8) is 0 Å². The standard InChI is InChI=1S/C24H23NO2/c1-18-12-14-21(15-13-18)24(20-9-4-3-5-10-20)25-23(26)17-16-19-8-6-7-11-22(19)27-2/h3-17,24H,1-2H3,(H,25,26)/b17-16+/t24-/m0/s1. The van der Waals surface area contributed by atoms with Gasteiger partial charge in [0.2, 0.25) is 5.91 Å². The lowest BCUT2D eigenvalue weighted by atomic mass is 9.98. The fourth-order valence-electron chi connectivity index (χ4n) is 2.92. The Morgan fingerprint density at radius 3 is 2.22 bits per heavy atom. The number of carbonyl (C=O) groups excluding carboxylic acids is 1. The average molecular weight is 357 g/mol. The van der Waals surface area contributed by atoms with E-state index < -0.39 is 0 Å². The Balaban J connectivity index is 1.82. The molecule has 27 heavy (non-hydrogen) atoms. The van der Waals surface area contributed by atoms with Crippen LogP contribution in [-0.2, 0) is 4.79 Å². The largest absolute Gasteiger partial charge is 0.496 e. The number of ether oxygens (including phenoxy) is 1. The van der Waals surface area contributed by atoms with E-state index in [2.05, 4.69) is 36.5 Å². The van der Waals surface area contributed by atoms with Crippen LogP contribution in [0, 0.1) is 6.92 Å². The molecule has 3 aromatic rings. The van der Waals surface area contributed by atoms with Crippen LogP contribution in [0.4, 0.5) is 0 Å². The molecule has 0 saturated heterocycles. The third kappa shape index (κ3) is 4.85. The smallest absolute Gasteiger partial charge is 0.244 e. The first-order valence-electron chi connectivity index (χ1n) is 8.90. The molecule has 0 unspecified atom stereocenters. The quantitative estimate of drug-likeness (QED) is 0.636. The molecule has 0 radical (unpaired) electrons. The second kappa shape index (κ2) is 8.86. The van der Waals surface area contributed by atoms with Crippen LogP contribution in [0.5, 0.6) is 5.75 Å². The zero-order valence-electron chi connectivity index (χ0n) is 15.6. The van der Waals surface area contributed by atoms with Gasteiger partial charge in [-0.2, -0.15) is 0 Å². The first kappa shape index (κ1) is 18.5. The van der Waals surface area contributed by atoms with Crippen LogP contribution < -0.4 is 10.1 Å². The van der Waals surface area contributed by atoms with E-state index in [1.54, 1.807) is 19.3 Å². The van der Waals surface area contributed by atoms with E-state index >= 15 is 0 Å². The first-order valence-corrected chi connectivity index (χ1v) is 8.90. The third-order valence-electron chi connectivity index (χ3n) is 4.38. The second-order valence-corrected chi connectivity index (χ2v) is 6.34. The maximum Gasteiger partial charge on any atom is 0.244 e.